The molecule has 1 amide bonds. The number of hydrogen-bond donors (Lipinski definition) is 2. The smallest absolute Gasteiger partial charge is 0.251 e. The topological polar surface area (TPSA) is 80.0 Å². The van der Waals surface area contributed by atoms with Crippen LogP contribution in [0.3, 0.4) is 0 Å². The number of carbonyl (C=O) groups excluding carboxylic acids is 1. The van der Waals surface area contributed by atoms with Crippen molar-refractivity contribution in [3.8, 4) is 5.69 Å². The Morgan fingerprint density at radius 2 is 1.86 bits per heavy atom. The second kappa shape index (κ2) is 6.99. The number of aliphatic hydroxyl groups excluding tert-OH is 1. The van der Waals surface area contributed by atoms with Crippen molar-refractivity contribution in [1.82, 2.24) is 20.1 Å². The molecule has 0 saturated heterocycles. The molecule has 21 heavy (non-hydrogen) atoms. The van der Waals surface area contributed by atoms with E-state index in [0.717, 1.165) is 5.69 Å². The summed E-state index contributed by atoms with van der Waals surface area (Å²) >= 11 is 0. The summed E-state index contributed by atoms with van der Waals surface area (Å²) in [5.74, 6) is 0.0613. The van der Waals surface area contributed by atoms with Gasteiger partial charge in [-0.25, -0.2) is 0 Å². The summed E-state index contributed by atoms with van der Waals surface area (Å²) in [6.07, 6.45) is 3.37. The Labute approximate surface area is 123 Å². The van der Waals surface area contributed by atoms with Gasteiger partial charge in [-0.2, -0.15) is 0 Å². The van der Waals surface area contributed by atoms with Crippen molar-refractivity contribution in [1.29, 1.82) is 0 Å². The Bertz CT molecular complexity index is 564. The molecule has 0 aliphatic heterocycles. The molecule has 0 bridgehead atoms. The summed E-state index contributed by atoms with van der Waals surface area (Å²) in [5.41, 5.74) is 1.48. The van der Waals surface area contributed by atoms with Crippen LogP contribution in [0.25, 0.3) is 5.69 Å². The van der Waals surface area contributed by atoms with Crippen molar-refractivity contribution in [2.75, 3.05) is 6.54 Å². The molecule has 112 valence electrons. The van der Waals surface area contributed by atoms with E-state index in [1.54, 1.807) is 29.4 Å². The highest BCUT2D eigenvalue weighted by molar-refractivity contribution is 5.94. The molecule has 0 spiro atoms. The SMILES string of the molecule is CC(C)C(O)CCNC(=O)c1ccc(-n2cnnc2)cc1. The summed E-state index contributed by atoms with van der Waals surface area (Å²) < 4.78 is 1.76. The van der Waals surface area contributed by atoms with E-state index in [1.165, 1.54) is 0 Å². The second-order valence-corrected chi connectivity index (χ2v) is 5.27. The molecule has 1 aromatic heterocycles. The summed E-state index contributed by atoms with van der Waals surface area (Å²) in [6.45, 7) is 4.37. The van der Waals surface area contributed by atoms with E-state index < -0.39 is 0 Å². The number of benzene rings is 1. The lowest BCUT2D eigenvalue weighted by Crippen LogP contribution is -2.28. The number of nitrogens with one attached hydrogen (secondary N) is 1. The highest BCUT2D eigenvalue weighted by Crippen LogP contribution is 2.09. The van der Waals surface area contributed by atoms with Gasteiger partial charge in [0.25, 0.3) is 5.91 Å². The van der Waals surface area contributed by atoms with Crippen LogP contribution in [0.15, 0.2) is 36.9 Å². The van der Waals surface area contributed by atoms with Gasteiger partial charge in [-0.3, -0.25) is 9.36 Å². The third-order valence-corrected chi connectivity index (χ3v) is 3.34. The minimum atomic E-state index is -0.388. The Morgan fingerprint density at radius 3 is 2.43 bits per heavy atom. The van der Waals surface area contributed by atoms with Gasteiger partial charge in [0.2, 0.25) is 0 Å². The lowest BCUT2D eigenvalue weighted by Gasteiger charge is -2.14. The van der Waals surface area contributed by atoms with Gasteiger partial charge >= 0.3 is 0 Å². The Morgan fingerprint density at radius 1 is 1.24 bits per heavy atom. The maximum absolute atomic E-state index is 12.0. The quantitative estimate of drug-likeness (QED) is 0.842. The summed E-state index contributed by atoms with van der Waals surface area (Å²) in [5, 5.41) is 20.0. The first-order valence-electron chi connectivity index (χ1n) is 6.99. The molecule has 1 heterocycles. The first kappa shape index (κ1) is 15.2. The van der Waals surface area contributed by atoms with Crippen molar-refractivity contribution in [3.63, 3.8) is 0 Å². The van der Waals surface area contributed by atoms with Gasteiger partial charge in [0.15, 0.2) is 0 Å². The van der Waals surface area contributed by atoms with Gasteiger partial charge in [-0.1, -0.05) is 13.8 Å². The number of aliphatic hydroxyl groups is 1. The van der Waals surface area contributed by atoms with Crippen molar-refractivity contribution >= 4 is 5.91 Å². The van der Waals surface area contributed by atoms with Crippen LogP contribution >= 0.6 is 0 Å². The first-order valence-corrected chi connectivity index (χ1v) is 6.99. The van der Waals surface area contributed by atoms with Crippen LogP contribution in [-0.2, 0) is 0 Å². The van der Waals surface area contributed by atoms with Gasteiger partial charge < -0.3 is 10.4 Å². The molecule has 6 heteroatoms. The molecule has 1 aromatic carbocycles. The zero-order valence-electron chi connectivity index (χ0n) is 12.2. The van der Waals surface area contributed by atoms with Gasteiger partial charge in [-0.05, 0) is 36.6 Å². The van der Waals surface area contributed by atoms with Crippen LogP contribution in [0.1, 0.15) is 30.6 Å². The predicted octanol–water partition coefficient (Wildman–Crippen LogP) is 1.40. The van der Waals surface area contributed by atoms with E-state index in [9.17, 15) is 9.90 Å². The highest BCUT2D eigenvalue weighted by atomic mass is 16.3. The molecule has 2 N–H and O–H groups in total. The van der Waals surface area contributed by atoms with Crippen molar-refractivity contribution < 1.29 is 9.90 Å². The largest absolute Gasteiger partial charge is 0.393 e. The monoisotopic (exact) mass is 288 g/mol. The molecule has 6 nitrogen and oxygen atoms in total. The van der Waals surface area contributed by atoms with Crippen LogP contribution in [0.2, 0.25) is 0 Å². The molecule has 0 fully saturated rings. The molecule has 1 atom stereocenters. The predicted molar refractivity (Wildman–Crippen MR) is 79.2 cm³/mol. The van der Waals surface area contributed by atoms with E-state index >= 15 is 0 Å². The number of carbonyl (C=O) groups is 1. The molecule has 0 saturated carbocycles. The van der Waals surface area contributed by atoms with Gasteiger partial charge in [0.05, 0.1) is 6.10 Å². The fourth-order valence-electron chi connectivity index (χ4n) is 1.89. The molecular weight excluding hydrogens is 268 g/mol. The van der Waals surface area contributed by atoms with E-state index in [0.29, 0.717) is 18.5 Å². The van der Waals surface area contributed by atoms with Crippen molar-refractivity contribution in [3.05, 3.63) is 42.5 Å². The molecule has 2 rings (SSSR count). The zero-order valence-corrected chi connectivity index (χ0v) is 12.2. The fraction of sp³-hybridized carbons (Fsp3) is 0.400. The van der Waals surface area contributed by atoms with E-state index in [4.69, 9.17) is 0 Å². The lowest BCUT2D eigenvalue weighted by molar-refractivity contribution is 0.0920. The molecule has 2 aromatic rings. The number of nitrogens with zero attached hydrogens (tertiary/aromatic N) is 3. The van der Waals surface area contributed by atoms with E-state index in [-0.39, 0.29) is 17.9 Å². The molecule has 0 aliphatic carbocycles. The Hall–Kier alpha value is -2.21. The zero-order chi connectivity index (χ0) is 15.2. The number of amides is 1. The maximum atomic E-state index is 12.0. The molecule has 0 aliphatic rings. The van der Waals surface area contributed by atoms with E-state index in [2.05, 4.69) is 15.5 Å². The highest BCUT2D eigenvalue weighted by Gasteiger charge is 2.10. The van der Waals surface area contributed by atoms with Crippen LogP contribution in [0.4, 0.5) is 0 Å². The third-order valence-electron chi connectivity index (χ3n) is 3.34. The number of aromatic nitrogens is 3. The maximum Gasteiger partial charge on any atom is 0.251 e. The van der Waals surface area contributed by atoms with Crippen LogP contribution in [0, 0.1) is 5.92 Å². The minimum Gasteiger partial charge on any atom is -0.393 e. The molecular formula is C15H20N4O2. The summed E-state index contributed by atoms with van der Waals surface area (Å²) in [6, 6.07) is 7.18. The van der Waals surface area contributed by atoms with Crippen molar-refractivity contribution in [2.45, 2.75) is 26.4 Å². The van der Waals surface area contributed by atoms with Crippen molar-refractivity contribution in [2.24, 2.45) is 5.92 Å². The van der Waals surface area contributed by atoms with Gasteiger partial charge in [0, 0.05) is 17.8 Å². The van der Waals surface area contributed by atoms with Crippen LogP contribution in [-0.4, -0.2) is 38.4 Å². The summed E-state index contributed by atoms with van der Waals surface area (Å²) in [4.78, 5) is 12.0. The average Bonchev–Trinajstić information content (AvgIpc) is 3.01. The standard InChI is InChI=1S/C15H20N4O2/c1-11(2)14(20)7-8-16-15(21)12-3-5-13(6-4-12)19-9-17-18-10-19/h3-6,9-11,14,20H,7-8H2,1-2H3,(H,16,21). The van der Waals surface area contributed by atoms with E-state index in [1.807, 2.05) is 26.0 Å². The molecule has 0 radical (unpaired) electrons. The van der Waals surface area contributed by atoms with Crippen LogP contribution < -0.4 is 5.32 Å². The van der Waals surface area contributed by atoms with Gasteiger partial charge in [-0.15, -0.1) is 10.2 Å². The number of rotatable bonds is 6. The lowest BCUT2D eigenvalue weighted by atomic mass is 10.0. The van der Waals surface area contributed by atoms with Gasteiger partial charge in [0.1, 0.15) is 12.7 Å². The number of hydrogen-bond acceptors (Lipinski definition) is 4. The first-order chi connectivity index (χ1) is 10.1. The summed E-state index contributed by atoms with van der Waals surface area (Å²) in [7, 11) is 0. The van der Waals surface area contributed by atoms with Crippen LogP contribution in [0.5, 0.6) is 0 Å². The minimum absolute atomic E-state index is 0.138. The molecule has 1 unspecified atom stereocenters. The average molecular weight is 288 g/mol. The Balaban J connectivity index is 1.88. The fourth-order valence-corrected chi connectivity index (χ4v) is 1.89. The second-order valence-electron chi connectivity index (χ2n) is 5.27. The normalized spacial score (nSPS) is 12.4. The Kier molecular flexibility index (Phi) is 5.05. The third kappa shape index (κ3) is 4.13.